The number of hydrogen-bond acceptors (Lipinski definition) is 3. The maximum Gasteiger partial charge on any atom is 0.0414 e. The molecule has 28 heavy (non-hydrogen) atoms. The lowest BCUT2D eigenvalue weighted by Crippen LogP contribution is -2.29. The van der Waals surface area contributed by atoms with Gasteiger partial charge < -0.3 is 15.5 Å². The monoisotopic (exact) mass is 375 g/mol. The molecule has 148 valence electrons. The summed E-state index contributed by atoms with van der Waals surface area (Å²) in [6.07, 6.45) is 8.23. The van der Waals surface area contributed by atoms with Crippen molar-refractivity contribution in [3.63, 3.8) is 0 Å². The zero-order valence-electron chi connectivity index (χ0n) is 17.0. The van der Waals surface area contributed by atoms with E-state index in [-0.39, 0.29) is 0 Å². The van der Waals surface area contributed by atoms with Gasteiger partial charge in [-0.3, -0.25) is 0 Å². The number of nitrogens with one attached hydrogen (secondary N) is 2. The fraction of sp³-hybridized carbons (Fsp3) is 0.440. The van der Waals surface area contributed by atoms with Crippen molar-refractivity contribution in [1.29, 1.82) is 0 Å². The number of fused-ring (bicyclic) bond motifs is 2. The van der Waals surface area contributed by atoms with Crippen LogP contribution in [-0.2, 0) is 19.3 Å². The second kappa shape index (κ2) is 9.29. The van der Waals surface area contributed by atoms with Crippen molar-refractivity contribution in [2.45, 2.75) is 44.9 Å². The van der Waals surface area contributed by atoms with Crippen LogP contribution in [-0.4, -0.2) is 31.1 Å². The van der Waals surface area contributed by atoms with Crippen LogP contribution < -0.4 is 10.6 Å². The molecule has 0 saturated carbocycles. The number of benzene rings is 2. The highest BCUT2D eigenvalue weighted by Gasteiger charge is 2.12. The van der Waals surface area contributed by atoms with E-state index in [0.29, 0.717) is 0 Å². The van der Waals surface area contributed by atoms with E-state index in [4.69, 9.17) is 0 Å². The molecule has 3 heteroatoms. The Labute approximate surface area is 169 Å². The number of nitrogens with zero attached hydrogens (tertiary/aromatic N) is 1. The zero-order valence-corrected chi connectivity index (χ0v) is 17.0. The molecule has 0 radical (unpaired) electrons. The summed E-state index contributed by atoms with van der Waals surface area (Å²) in [6, 6.07) is 15.7. The highest BCUT2D eigenvalue weighted by atomic mass is 15.1. The van der Waals surface area contributed by atoms with Crippen LogP contribution in [0.2, 0.25) is 0 Å². The van der Waals surface area contributed by atoms with E-state index in [0.717, 1.165) is 31.6 Å². The summed E-state index contributed by atoms with van der Waals surface area (Å²) in [4.78, 5) is 2.63. The molecule has 0 aromatic heterocycles. The van der Waals surface area contributed by atoms with Crippen molar-refractivity contribution >= 4 is 11.4 Å². The van der Waals surface area contributed by atoms with Gasteiger partial charge in [0, 0.05) is 30.2 Å². The molecule has 4 rings (SSSR count). The molecule has 0 saturated heterocycles. The van der Waals surface area contributed by atoms with Crippen LogP contribution >= 0.6 is 0 Å². The second-order valence-electron chi connectivity index (χ2n) is 8.21. The molecule has 3 nitrogen and oxygen atoms in total. The van der Waals surface area contributed by atoms with Crippen LogP contribution in [0.3, 0.4) is 0 Å². The van der Waals surface area contributed by atoms with Crippen LogP contribution in [0.4, 0.5) is 11.4 Å². The Balaban J connectivity index is 1.30. The number of hydrogen-bond donors (Lipinski definition) is 2. The van der Waals surface area contributed by atoms with Crippen molar-refractivity contribution in [3.8, 4) is 0 Å². The Morgan fingerprint density at radius 1 is 0.893 bits per heavy atom. The molecule has 0 fully saturated rings. The summed E-state index contributed by atoms with van der Waals surface area (Å²) in [5, 5.41) is 7.04. The Bertz CT molecular complexity index is 811. The number of para-hydroxylation sites is 1. The van der Waals surface area contributed by atoms with Gasteiger partial charge >= 0.3 is 0 Å². The lowest BCUT2D eigenvalue weighted by atomic mass is 9.99. The number of rotatable bonds is 4. The van der Waals surface area contributed by atoms with E-state index in [1.54, 1.807) is 0 Å². The molecule has 0 amide bonds. The molecule has 2 aliphatic heterocycles. The molecule has 0 bridgehead atoms. The molecule has 0 aliphatic carbocycles. The topological polar surface area (TPSA) is 27.3 Å². The Kier molecular flexibility index (Phi) is 6.33. The fourth-order valence-corrected chi connectivity index (χ4v) is 4.43. The van der Waals surface area contributed by atoms with Gasteiger partial charge in [-0.2, -0.15) is 0 Å². The Hall–Kier alpha value is -2.26. The van der Waals surface area contributed by atoms with Gasteiger partial charge in [0.1, 0.15) is 0 Å². The molecule has 0 spiro atoms. The first-order chi connectivity index (χ1) is 13.8. The summed E-state index contributed by atoms with van der Waals surface area (Å²) < 4.78 is 0. The number of aryl methyl sites for hydroxylation is 3. The Morgan fingerprint density at radius 2 is 1.79 bits per heavy atom. The summed E-state index contributed by atoms with van der Waals surface area (Å²) in [5.41, 5.74) is 8.11. The lowest BCUT2D eigenvalue weighted by Gasteiger charge is -2.25. The fourth-order valence-electron chi connectivity index (χ4n) is 4.43. The predicted octanol–water partition coefficient (Wildman–Crippen LogP) is 5.24. The minimum Gasteiger partial charge on any atom is -0.385 e. The standard InChI is InChI=1S/C25H33N3/c1-20-14-18-28(17-6-10-22-8-2-3-11-25(22)27-20)16-5-7-21-12-13-24-23(19-21)9-4-15-26-24/h2-3,8,11-13,19,26-27H,1,4-7,9-10,14-18H2. The van der Waals surface area contributed by atoms with Gasteiger partial charge in [0.15, 0.2) is 0 Å². The second-order valence-corrected chi connectivity index (χ2v) is 8.21. The maximum absolute atomic E-state index is 4.25. The van der Waals surface area contributed by atoms with E-state index >= 15 is 0 Å². The van der Waals surface area contributed by atoms with Gasteiger partial charge in [0.25, 0.3) is 0 Å². The normalized spacial score (nSPS) is 17.8. The first-order valence-electron chi connectivity index (χ1n) is 10.9. The quantitative estimate of drug-likeness (QED) is 0.765. The predicted molar refractivity (Wildman–Crippen MR) is 120 cm³/mol. The maximum atomic E-state index is 4.25. The van der Waals surface area contributed by atoms with Crippen molar-refractivity contribution in [2.24, 2.45) is 0 Å². The average molecular weight is 376 g/mol. The molecule has 0 unspecified atom stereocenters. The molecule has 2 aromatic carbocycles. The van der Waals surface area contributed by atoms with Gasteiger partial charge in [-0.1, -0.05) is 36.9 Å². The summed E-state index contributed by atoms with van der Waals surface area (Å²) in [6.45, 7) is 8.81. The summed E-state index contributed by atoms with van der Waals surface area (Å²) in [5.74, 6) is 0. The van der Waals surface area contributed by atoms with Gasteiger partial charge in [-0.05, 0) is 86.9 Å². The summed E-state index contributed by atoms with van der Waals surface area (Å²) in [7, 11) is 0. The smallest absolute Gasteiger partial charge is 0.0414 e. The van der Waals surface area contributed by atoms with E-state index in [2.05, 4.69) is 64.6 Å². The third-order valence-corrected chi connectivity index (χ3v) is 6.03. The van der Waals surface area contributed by atoms with Crippen LogP contribution in [0, 0.1) is 0 Å². The van der Waals surface area contributed by atoms with Crippen LogP contribution in [0.5, 0.6) is 0 Å². The van der Waals surface area contributed by atoms with Gasteiger partial charge in [-0.15, -0.1) is 0 Å². The molecule has 2 heterocycles. The molecule has 2 aromatic rings. The van der Waals surface area contributed by atoms with Crippen molar-refractivity contribution < 1.29 is 0 Å². The SMILES string of the molecule is C=C1CCN(CCCc2ccc3c(c2)CCCN3)CCCc2ccccc2N1. The van der Waals surface area contributed by atoms with E-state index < -0.39 is 0 Å². The van der Waals surface area contributed by atoms with E-state index in [1.807, 2.05) is 0 Å². The van der Waals surface area contributed by atoms with Crippen molar-refractivity contribution in [2.75, 3.05) is 36.8 Å². The van der Waals surface area contributed by atoms with Crippen molar-refractivity contribution in [3.05, 3.63) is 71.4 Å². The van der Waals surface area contributed by atoms with Gasteiger partial charge in [0.2, 0.25) is 0 Å². The van der Waals surface area contributed by atoms with Crippen LogP contribution in [0.1, 0.15) is 42.4 Å². The average Bonchev–Trinajstić information content (AvgIpc) is 2.72. The molecule has 0 atom stereocenters. The third kappa shape index (κ3) is 4.96. The van der Waals surface area contributed by atoms with Gasteiger partial charge in [-0.25, -0.2) is 0 Å². The Morgan fingerprint density at radius 3 is 2.75 bits per heavy atom. The first-order valence-corrected chi connectivity index (χ1v) is 10.9. The lowest BCUT2D eigenvalue weighted by molar-refractivity contribution is 0.270. The molecular weight excluding hydrogens is 342 g/mol. The minimum atomic E-state index is 1.01. The minimum absolute atomic E-state index is 1.01. The van der Waals surface area contributed by atoms with E-state index in [1.165, 1.54) is 73.3 Å². The number of anilines is 2. The van der Waals surface area contributed by atoms with Gasteiger partial charge in [0.05, 0.1) is 0 Å². The van der Waals surface area contributed by atoms with Crippen molar-refractivity contribution in [1.82, 2.24) is 4.90 Å². The molecule has 2 N–H and O–H groups in total. The highest BCUT2D eigenvalue weighted by Crippen LogP contribution is 2.24. The zero-order chi connectivity index (χ0) is 19.2. The van der Waals surface area contributed by atoms with E-state index in [9.17, 15) is 0 Å². The highest BCUT2D eigenvalue weighted by molar-refractivity contribution is 5.55. The first kappa shape index (κ1) is 19.1. The third-order valence-electron chi connectivity index (χ3n) is 6.03. The van der Waals surface area contributed by atoms with Crippen LogP contribution in [0.25, 0.3) is 0 Å². The van der Waals surface area contributed by atoms with Crippen LogP contribution in [0.15, 0.2) is 54.7 Å². The molecule has 2 aliphatic rings. The molecular formula is C25H33N3. The summed E-state index contributed by atoms with van der Waals surface area (Å²) >= 11 is 0. The largest absolute Gasteiger partial charge is 0.385 e.